The number of ether oxygens (including phenoxy) is 1. The molecule has 0 bridgehead atoms. The number of aliphatic imine (C=N–C) groups is 1. The van der Waals surface area contributed by atoms with Crippen molar-refractivity contribution in [2.45, 2.75) is 31.8 Å². The second-order valence-corrected chi connectivity index (χ2v) is 5.80. The van der Waals surface area contributed by atoms with E-state index in [-0.39, 0.29) is 0 Å². The minimum Gasteiger partial charge on any atom is -0.493 e. The highest BCUT2D eigenvalue weighted by Crippen LogP contribution is 2.33. The Hall–Kier alpha value is -1.27. The van der Waals surface area contributed by atoms with Crippen molar-refractivity contribution in [2.75, 3.05) is 6.61 Å². The van der Waals surface area contributed by atoms with Gasteiger partial charge >= 0.3 is 0 Å². The van der Waals surface area contributed by atoms with E-state index in [1.807, 2.05) is 0 Å². The van der Waals surface area contributed by atoms with Crippen LogP contribution in [-0.4, -0.2) is 18.6 Å². The normalized spacial score (nSPS) is 17.9. The van der Waals surface area contributed by atoms with Crippen LogP contribution in [0.25, 0.3) is 0 Å². The summed E-state index contributed by atoms with van der Waals surface area (Å²) in [6.45, 7) is 1.31. The van der Waals surface area contributed by atoms with Gasteiger partial charge in [0.15, 0.2) is 0 Å². The third kappa shape index (κ3) is 3.01. The Morgan fingerprint density at radius 3 is 3.05 bits per heavy atom. The number of hydrogen-bond donors (Lipinski definition) is 3. The maximum Gasteiger partial charge on any atom is 0.206 e. The molecule has 1 aliphatic heterocycles. The van der Waals surface area contributed by atoms with E-state index in [0.29, 0.717) is 18.5 Å². The molecule has 0 atom stereocenters. The van der Waals surface area contributed by atoms with Gasteiger partial charge < -0.3 is 10.1 Å². The summed E-state index contributed by atoms with van der Waals surface area (Å²) < 4.78 is 6.75. The molecule has 1 aromatic rings. The van der Waals surface area contributed by atoms with Crippen LogP contribution in [-0.2, 0) is 13.0 Å². The first kappa shape index (κ1) is 12.7. The Morgan fingerprint density at radius 1 is 1.47 bits per heavy atom. The number of nitrogens with two attached hydrogens (primary N) is 1. The lowest BCUT2D eigenvalue weighted by molar-refractivity contribution is 0.353. The van der Waals surface area contributed by atoms with E-state index in [1.54, 1.807) is 0 Å². The van der Waals surface area contributed by atoms with Gasteiger partial charge in [-0.25, -0.2) is 10.8 Å². The van der Waals surface area contributed by atoms with Gasteiger partial charge in [-0.3, -0.25) is 5.43 Å². The Balaban J connectivity index is 1.76. The van der Waals surface area contributed by atoms with Crippen LogP contribution in [0.5, 0.6) is 5.75 Å². The lowest BCUT2D eigenvalue weighted by Gasteiger charge is -2.10. The van der Waals surface area contributed by atoms with Crippen LogP contribution in [0.4, 0.5) is 0 Å². The summed E-state index contributed by atoms with van der Waals surface area (Å²) in [5.41, 5.74) is 4.95. The third-order valence-electron chi connectivity index (χ3n) is 3.29. The van der Waals surface area contributed by atoms with Gasteiger partial charge in [-0.2, -0.15) is 0 Å². The van der Waals surface area contributed by atoms with Crippen molar-refractivity contribution in [1.82, 2.24) is 10.7 Å². The van der Waals surface area contributed by atoms with Crippen LogP contribution < -0.4 is 21.3 Å². The molecule has 0 unspecified atom stereocenters. The standard InChI is InChI=1S/C13H17BrN4O/c14-10-5-8-3-4-19-12(8)9(6-10)7-16-13(18-15)17-11-1-2-11/h5-6,11H,1-4,7,15H2,(H2,16,17,18). The number of benzene rings is 1. The van der Waals surface area contributed by atoms with Gasteiger partial charge in [0.05, 0.1) is 13.2 Å². The molecule has 4 N–H and O–H groups in total. The smallest absolute Gasteiger partial charge is 0.206 e. The van der Waals surface area contributed by atoms with Crippen molar-refractivity contribution in [3.8, 4) is 5.75 Å². The van der Waals surface area contributed by atoms with Crippen LogP contribution >= 0.6 is 15.9 Å². The minimum atomic E-state index is 0.527. The Bertz CT molecular complexity index is 514. The van der Waals surface area contributed by atoms with Crippen LogP contribution in [0.2, 0.25) is 0 Å². The summed E-state index contributed by atoms with van der Waals surface area (Å²) in [4.78, 5) is 4.48. The fourth-order valence-corrected chi connectivity index (χ4v) is 2.73. The summed E-state index contributed by atoms with van der Waals surface area (Å²) in [6.07, 6.45) is 3.35. The van der Waals surface area contributed by atoms with Gasteiger partial charge in [0, 0.05) is 22.5 Å². The van der Waals surface area contributed by atoms with Gasteiger partial charge in [0.1, 0.15) is 5.75 Å². The Morgan fingerprint density at radius 2 is 2.32 bits per heavy atom. The molecule has 1 fully saturated rings. The zero-order valence-electron chi connectivity index (χ0n) is 10.6. The van der Waals surface area contributed by atoms with Gasteiger partial charge in [0.2, 0.25) is 5.96 Å². The maximum atomic E-state index is 5.68. The quantitative estimate of drug-likeness (QED) is 0.340. The lowest BCUT2D eigenvalue weighted by atomic mass is 10.1. The summed E-state index contributed by atoms with van der Waals surface area (Å²) >= 11 is 3.53. The number of hydrazine groups is 1. The van der Waals surface area contributed by atoms with Crippen LogP contribution in [0.1, 0.15) is 24.0 Å². The molecule has 102 valence electrons. The van der Waals surface area contributed by atoms with Gasteiger partial charge in [-0.1, -0.05) is 15.9 Å². The largest absolute Gasteiger partial charge is 0.493 e. The molecule has 1 saturated carbocycles. The van der Waals surface area contributed by atoms with Crippen LogP contribution in [0.15, 0.2) is 21.6 Å². The number of halogens is 1. The molecule has 19 heavy (non-hydrogen) atoms. The predicted octanol–water partition coefficient (Wildman–Crippen LogP) is 1.46. The first-order valence-corrected chi connectivity index (χ1v) is 7.27. The summed E-state index contributed by atoms with van der Waals surface area (Å²) in [5.74, 6) is 7.10. The highest BCUT2D eigenvalue weighted by molar-refractivity contribution is 9.10. The van der Waals surface area contributed by atoms with Crippen molar-refractivity contribution < 1.29 is 4.74 Å². The molecule has 0 spiro atoms. The van der Waals surface area contributed by atoms with E-state index in [4.69, 9.17) is 10.6 Å². The van der Waals surface area contributed by atoms with Crippen LogP contribution in [0.3, 0.4) is 0 Å². The molecule has 1 aliphatic carbocycles. The van der Waals surface area contributed by atoms with E-state index in [1.165, 1.54) is 18.4 Å². The number of hydrogen-bond acceptors (Lipinski definition) is 3. The van der Waals surface area contributed by atoms with Crippen LogP contribution in [0, 0.1) is 0 Å². The number of nitrogens with one attached hydrogen (secondary N) is 2. The molecule has 2 aliphatic rings. The Labute approximate surface area is 120 Å². The molecular formula is C13H17BrN4O. The zero-order valence-corrected chi connectivity index (χ0v) is 12.2. The fraction of sp³-hybridized carbons (Fsp3) is 0.462. The first-order valence-electron chi connectivity index (χ1n) is 6.48. The molecule has 1 aromatic carbocycles. The monoisotopic (exact) mass is 324 g/mol. The third-order valence-corrected chi connectivity index (χ3v) is 3.75. The van der Waals surface area contributed by atoms with Crippen molar-refractivity contribution in [1.29, 1.82) is 0 Å². The lowest BCUT2D eigenvalue weighted by Crippen LogP contribution is -2.42. The van der Waals surface area contributed by atoms with E-state index < -0.39 is 0 Å². The molecule has 0 radical (unpaired) electrons. The van der Waals surface area contributed by atoms with Crippen molar-refractivity contribution in [2.24, 2.45) is 10.8 Å². The number of rotatable bonds is 3. The predicted molar refractivity (Wildman–Crippen MR) is 78.0 cm³/mol. The fourth-order valence-electron chi connectivity index (χ4n) is 2.18. The highest BCUT2D eigenvalue weighted by atomic mass is 79.9. The van der Waals surface area contributed by atoms with Gasteiger partial charge in [-0.05, 0) is 30.5 Å². The second-order valence-electron chi connectivity index (χ2n) is 4.88. The summed E-state index contributed by atoms with van der Waals surface area (Å²) in [6, 6.07) is 4.69. The highest BCUT2D eigenvalue weighted by Gasteiger charge is 2.22. The average molecular weight is 325 g/mol. The molecule has 5 nitrogen and oxygen atoms in total. The molecule has 3 rings (SSSR count). The molecule has 1 heterocycles. The van der Waals surface area contributed by atoms with Gasteiger partial charge in [0.25, 0.3) is 0 Å². The van der Waals surface area contributed by atoms with E-state index in [2.05, 4.69) is 43.8 Å². The molecule has 0 aromatic heterocycles. The second kappa shape index (κ2) is 5.38. The summed E-state index contributed by atoms with van der Waals surface area (Å²) in [7, 11) is 0. The maximum absolute atomic E-state index is 5.68. The van der Waals surface area contributed by atoms with Gasteiger partial charge in [-0.15, -0.1) is 0 Å². The van der Waals surface area contributed by atoms with E-state index in [0.717, 1.165) is 28.8 Å². The zero-order chi connectivity index (χ0) is 13.2. The number of nitrogens with zero attached hydrogens (tertiary/aromatic N) is 1. The number of guanidine groups is 1. The number of fused-ring (bicyclic) bond motifs is 1. The molecular weight excluding hydrogens is 308 g/mol. The topological polar surface area (TPSA) is 71.7 Å². The molecule has 0 saturated heterocycles. The average Bonchev–Trinajstić information content (AvgIpc) is 3.09. The van der Waals surface area contributed by atoms with Crippen molar-refractivity contribution >= 4 is 21.9 Å². The summed E-state index contributed by atoms with van der Waals surface area (Å²) in [5, 5.41) is 3.25. The minimum absolute atomic E-state index is 0.527. The first-order chi connectivity index (χ1) is 9.26. The van der Waals surface area contributed by atoms with Crippen molar-refractivity contribution in [3.05, 3.63) is 27.7 Å². The van der Waals surface area contributed by atoms with E-state index in [9.17, 15) is 0 Å². The van der Waals surface area contributed by atoms with Crippen molar-refractivity contribution in [3.63, 3.8) is 0 Å². The SMILES string of the molecule is NNC(=NCc1cc(Br)cc2c1OCC2)NC1CC1. The molecule has 6 heteroatoms. The van der Waals surface area contributed by atoms with E-state index >= 15 is 0 Å². The Kier molecular flexibility index (Phi) is 3.61. The molecule has 0 amide bonds.